The van der Waals surface area contributed by atoms with Crippen molar-refractivity contribution in [2.75, 3.05) is 12.3 Å². The van der Waals surface area contributed by atoms with Crippen molar-refractivity contribution in [1.29, 1.82) is 0 Å². The highest BCUT2D eigenvalue weighted by molar-refractivity contribution is 9.10. The molecule has 1 atom stereocenters. The number of aliphatic carboxylic acids is 1. The molecule has 3 nitrogen and oxygen atoms in total. The molecule has 1 aliphatic rings. The standard InChI is InChI=1S/C12H14BrNO2S/c13-9-3-1-4-10(7-9)17-8-12(11(15)16)5-2-6-14-12/h1,3-4,7,14H,2,5-6,8H2,(H,15,16). The second-order valence-corrected chi connectivity index (χ2v) is 6.13. The minimum absolute atomic E-state index is 0.568. The van der Waals surface area contributed by atoms with Crippen LogP contribution in [0.1, 0.15) is 12.8 Å². The summed E-state index contributed by atoms with van der Waals surface area (Å²) in [6.45, 7) is 0.797. The Morgan fingerprint density at radius 3 is 3.00 bits per heavy atom. The van der Waals surface area contributed by atoms with Crippen molar-refractivity contribution in [3.63, 3.8) is 0 Å². The number of rotatable bonds is 4. The average molecular weight is 316 g/mol. The van der Waals surface area contributed by atoms with E-state index in [1.165, 1.54) is 0 Å². The largest absolute Gasteiger partial charge is 0.480 e. The molecule has 1 aliphatic heterocycles. The predicted octanol–water partition coefficient (Wildman–Crippen LogP) is 2.75. The Morgan fingerprint density at radius 2 is 2.41 bits per heavy atom. The molecule has 1 aromatic rings. The molecule has 1 saturated heterocycles. The minimum atomic E-state index is -0.743. The molecule has 0 aromatic heterocycles. The SMILES string of the molecule is O=C(O)C1(CSc2cccc(Br)c2)CCCN1. The smallest absolute Gasteiger partial charge is 0.324 e. The van der Waals surface area contributed by atoms with Crippen LogP contribution in [-0.2, 0) is 4.79 Å². The highest BCUT2D eigenvalue weighted by atomic mass is 79.9. The summed E-state index contributed by atoms with van der Waals surface area (Å²) >= 11 is 5.00. The van der Waals surface area contributed by atoms with E-state index in [4.69, 9.17) is 0 Å². The number of benzene rings is 1. The van der Waals surface area contributed by atoms with Crippen LogP contribution in [0.2, 0.25) is 0 Å². The summed E-state index contributed by atoms with van der Waals surface area (Å²) in [4.78, 5) is 12.4. The third kappa shape index (κ3) is 3.03. The first-order chi connectivity index (χ1) is 8.12. The van der Waals surface area contributed by atoms with Gasteiger partial charge in [0.1, 0.15) is 5.54 Å². The van der Waals surface area contributed by atoms with Gasteiger partial charge in [0.05, 0.1) is 0 Å². The zero-order valence-corrected chi connectivity index (χ0v) is 11.7. The lowest BCUT2D eigenvalue weighted by atomic mass is 10.0. The molecule has 0 bridgehead atoms. The number of halogens is 1. The summed E-state index contributed by atoms with van der Waals surface area (Å²) < 4.78 is 1.02. The first-order valence-electron chi connectivity index (χ1n) is 5.49. The van der Waals surface area contributed by atoms with Gasteiger partial charge < -0.3 is 10.4 Å². The Bertz CT molecular complexity index is 419. The van der Waals surface area contributed by atoms with Gasteiger partial charge in [-0.1, -0.05) is 22.0 Å². The van der Waals surface area contributed by atoms with Gasteiger partial charge in [-0.25, -0.2) is 0 Å². The molecule has 17 heavy (non-hydrogen) atoms. The molecule has 2 rings (SSSR count). The topological polar surface area (TPSA) is 49.3 Å². The molecule has 0 saturated carbocycles. The van der Waals surface area contributed by atoms with E-state index in [1.807, 2.05) is 24.3 Å². The van der Waals surface area contributed by atoms with Crippen molar-refractivity contribution in [2.24, 2.45) is 0 Å². The van der Waals surface area contributed by atoms with Crippen molar-refractivity contribution in [2.45, 2.75) is 23.3 Å². The molecular weight excluding hydrogens is 302 g/mol. The Morgan fingerprint density at radius 1 is 1.59 bits per heavy atom. The van der Waals surface area contributed by atoms with Gasteiger partial charge in [0.15, 0.2) is 0 Å². The molecule has 92 valence electrons. The van der Waals surface area contributed by atoms with Crippen LogP contribution in [-0.4, -0.2) is 28.9 Å². The van der Waals surface area contributed by atoms with Crippen molar-refractivity contribution < 1.29 is 9.90 Å². The number of carboxylic acids is 1. The summed E-state index contributed by atoms with van der Waals surface area (Å²) in [5.74, 6) is -0.170. The quantitative estimate of drug-likeness (QED) is 0.839. The zero-order valence-electron chi connectivity index (χ0n) is 9.28. The van der Waals surface area contributed by atoms with Crippen LogP contribution in [0, 0.1) is 0 Å². The third-order valence-corrected chi connectivity index (χ3v) is 4.65. The van der Waals surface area contributed by atoms with Crippen LogP contribution in [0.25, 0.3) is 0 Å². The molecule has 1 fully saturated rings. The third-order valence-electron chi connectivity index (χ3n) is 2.93. The number of carboxylic acid groups (broad SMARTS) is 1. The van der Waals surface area contributed by atoms with Gasteiger partial charge in [0, 0.05) is 15.1 Å². The van der Waals surface area contributed by atoms with Crippen LogP contribution in [0.4, 0.5) is 0 Å². The summed E-state index contributed by atoms with van der Waals surface area (Å²) in [5, 5.41) is 12.4. The monoisotopic (exact) mass is 315 g/mol. The lowest BCUT2D eigenvalue weighted by Crippen LogP contribution is -2.49. The van der Waals surface area contributed by atoms with Gasteiger partial charge in [-0.2, -0.15) is 0 Å². The van der Waals surface area contributed by atoms with E-state index < -0.39 is 11.5 Å². The van der Waals surface area contributed by atoms with E-state index in [0.29, 0.717) is 12.2 Å². The summed E-state index contributed by atoms with van der Waals surface area (Å²) in [5.41, 5.74) is -0.743. The molecule has 1 unspecified atom stereocenters. The Hall–Kier alpha value is -0.520. The minimum Gasteiger partial charge on any atom is -0.480 e. The van der Waals surface area contributed by atoms with Crippen LogP contribution in [0.15, 0.2) is 33.6 Å². The molecular formula is C12H14BrNO2S. The number of hydrogen-bond acceptors (Lipinski definition) is 3. The van der Waals surface area contributed by atoms with Gasteiger partial charge in [-0.3, -0.25) is 4.79 Å². The molecule has 1 heterocycles. The van der Waals surface area contributed by atoms with Crippen LogP contribution in [0.5, 0.6) is 0 Å². The van der Waals surface area contributed by atoms with Gasteiger partial charge in [0.25, 0.3) is 0 Å². The Labute approximate surface area is 113 Å². The van der Waals surface area contributed by atoms with Crippen molar-refractivity contribution in [1.82, 2.24) is 5.32 Å². The molecule has 5 heteroatoms. The maximum Gasteiger partial charge on any atom is 0.324 e. The van der Waals surface area contributed by atoms with Crippen LogP contribution in [0.3, 0.4) is 0 Å². The maximum absolute atomic E-state index is 11.3. The molecule has 0 aliphatic carbocycles. The molecule has 1 aromatic carbocycles. The highest BCUT2D eigenvalue weighted by Gasteiger charge is 2.40. The van der Waals surface area contributed by atoms with Gasteiger partial charge in [-0.05, 0) is 37.6 Å². The van der Waals surface area contributed by atoms with E-state index in [0.717, 1.165) is 22.3 Å². The Balaban J connectivity index is 2.03. The second-order valence-electron chi connectivity index (χ2n) is 4.16. The number of nitrogens with one attached hydrogen (secondary N) is 1. The molecule has 0 amide bonds. The van der Waals surface area contributed by atoms with E-state index in [-0.39, 0.29) is 0 Å². The zero-order chi connectivity index (χ0) is 12.3. The van der Waals surface area contributed by atoms with E-state index in [9.17, 15) is 9.90 Å². The first-order valence-corrected chi connectivity index (χ1v) is 7.27. The fraction of sp³-hybridized carbons (Fsp3) is 0.417. The van der Waals surface area contributed by atoms with Crippen LogP contribution < -0.4 is 5.32 Å². The predicted molar refractivity (Wildman–Crippen MR) is 72.5 cm³/mol. The van der Waals surface area contributed by atoms with E-state index in [1.54, 1.807) is 11.8 Å². The molecule has 0 spiro atoms. The normalized spacial score (nSPS) is 23.8. The molecule has 0 radical (unpaired) electrons. The summed E-state index contributed by atoms with van der Waals surface area (Å²) in [6, 6.07) is 7.93. The van der Waals surface area contributed by atoms with Crippen molar-refractivity contribution in [3.05, 3.63) is 28.7 Å². The lowest BCUT2D eigenvalue weighted by Gasteiger charge is -2.23. The van der Waals surface area contributed by atoms with Crippen molar-refractivity contribution >= 4 is 33.7 Å². The first kappa shape index (κ1) is 12.9. The lowest BCUT2D eigenvalue weighted by molar-refractivity contribution is -0.143. The van der Waals surface area contributed by atoms with Crippen molar-refractivity contribution in [3.8, 4) is 0 Å². The average Bonchev–Trinajstić information content (AvgIpc) is 2.76. The van der Waals surface area contributed by atoms with Gasteiger partial charge >= 0.3 is 5.97 Å². The number of thioether (sulfide) groups is 1. The summed E-state index contributed by atoms with van der Waals surface area (Å²) in [7, 11) is 0. The number of carbonyl (C=O) groups is 1. The van der Waals surface area contributed by atoms with Crippen LogP contribution >= 0.6 is 27.7 Å². The number of hydrogen-bond donors (Lipinski definition) is 2. The maximum atomic E-state index is 11.3. The Kier molecular flexibility index (Phi) is 4.12. The second kappa shape index (κ2) is 5.42. The highest BCUT2D eigenvalue weighted by Crippen LogP contribution is 2.29. The van der Waals surface area contributed by atoms with Gasteiger partial charge in [0.2, 0.25) is 0 Å². The van der Waals surface area contributed by atoms with E-state index in [2.05, 4.69) is 21.2 Å². The van der Waals surface area contributed by atoms with E-state index >= 15 is 0 Å². The summed E-state index contributed by atoms with van der Waals surface area (Å²) in [6.07, 6.45) is 1.65. The fourth-order valence-corrected chi connectivity index (χ4v) is 3.66. The fourth-order valence-electron chi connectivity index (χ4n) is 1.94. The molecule has 2 N–H and O–H groups in total. The van der Waals surface area contributed by atoms with Gasteiger partial charge in [-0.15, -0.1) is 11.8 Å².